The zero-order valence-corrected chi connectivity index (χ0v) is 12.3. The van der Waals surface area contributed by atoms with Crippen molar-refractivity contribution in [3.63, 3.8) is 0 Å². The average Bonchev–Trinajstić information content (AvgIpc) is 2.56. The third kappa shape index (κ3) is 2.95. The fourth-order valence-corrected chi connectivity index (χ4v) is 2.47. The van der Waals surface area contributed by atoms with Crippen molar-refractivity contribution in [2.24, 2.45) is 0 Å². The molecule has 1 aliphatic heterocycles. The molecule has 0 aliphatic carbocycles. The van der Waals surface area contributed by atoms with Gasteiger partial charge in [-0.25, -0.2) is 4.79 Å². The van der Waals surface area contributed by atoms with Crippen molar-refractivity contribution in [1.82, 2.24) is 0 Å². The summed E-state index contributed by atoms with van der Waals surface area (Å²) in [6.45, 7) is -0.598. The molecule has 1 saturated heterocycles. The van der Waals surface area contributed by atoms with Crippen LogP contribution in [0.25, 0.3) is 11.0 Å². The Morgan fingerprint density at radius 1 is 1.08 bits per heavy atom. The molecule has 0 radical (unpaired) electrons. The Labute approximate surface area is 134 Å². The molecule has 24 heavy (non-hydrogen) atoms. The number of aromatic hydroxyl groups is 1. The minimum atomic E-state index is -1.60. The monoisotopic (exact) mass is 340 g/mol. The zero-order valence-electron chi connectivity index (χ0n) is 12.3. The molecule has 0 spiro atoms. The molecule has 2 unspecified atom stereocenters. The Morgan fingerprint density at radius 3 is 2.54 bits per heavy atom. The van der Waals surface area contributed by atoms with E-state index < -0.39 is 42.9 Å². The highest BCUT2D eigenvalue weighted by molar-refractivity contribution is 5.80. The Balaban J connectivity index is 1.89. The maximum atomic E-state index is 11.2. The van der Waals surface area contributed by atoms with E-state index in [1.165, 1.54) is 18.2 Å². The van der Waals surface area contributed by atoms with E-state index in [0.717, 1.165) is 6.07 Å². The highest BCUT2D eigenvalue weighted by atomic mass is 16.7. The highest BCUT2D eigenvalue weighted by Crippen LogP contribution is 2.33. The second-order valence-corrected chi connectivity index (χ2v) is 5.43. The van der Waals surface area contributed by atoms with Crippen molar-refractivity contribution < 1.29 is 39.4 Å². The largest absolute Gasteiger partial charge is 0.504 e. The van der Waals surface area contributed by atoms with Crippen LogP contribution in [0.3, 0.4) is 0 Å². The average molecular weight is 340 g/mol. The second-order valence-electron chi connectivity index (χ2n) is 5.43. The molecule has 1 aliphatic rings. The van der Waals surface area contributed by atoms with Crippen LogP contribution >= 0.6 is 0 Å². The third-order valence-corrected chi connectivity index (χ3v) is 3.79. The van der Waals surface area contributed by atoms with Gasteiger partial charge >= 0.3 is 5.63 Å². The normalized spacial score (nSPS) is 30.4. The predicted molar refractivity (Wildman–Crippen MR) is 78.5 cm³/mol. The molecule has 0 amide bonds. The minimum Gasteiger partial charge on any atom is -0.504 e. The van der Waals surface area contributed by atoms with E-state index in [-0.39, 0.29) is 17.1 Å². The standard InChI is InChI=1S/C15H16O9/c16-5-10-12(19)13(20)14(21)15(24-10)23-9-3-6-1-2-11(18)22-8(6)4-7(9)17/h1-4,10,12-17,19-21H,5H2/t10?,12-,13?,14+,15-/m1/s1. The molecule has 2 aromatic rings. The summed E-state index contributed by atoms with van der Waals surface area (Å²) in [5.74, 6) is -0.477. The van der Waals surface area contributed by atoms with Crippen LogP contribution in [0.1, 0.15) is 0 Å². The fraction of sp³-hybridized carbons (Fsp3) is 0.400. The van der Waals surface area contributed by atoms with E-state index in [9.17, 15) is 25.2 Å². The summed E-state index contributed by atoms with van der Waals surface area (Å²) in [7, 11) is 0. The highest BCUT2D eigenvalue weighted by Gasteiger charge is 2.44. The van der Waals surface area contributed by atoms with Crippen LogP contribution in [-0.2, 0) is 4.74 Å². The number of hydrogen-bond donors (Lipinski definition) is 5. The molecule has 9 heteroatoms. The van der Waals surface area contributed by atoms with Crippen molar-refractivity contribution >= 4 is 11.0 Å². The van der Waals surface area contributed by atoms with Crippen LogP contribution in [0.5, 0.6) is 11.5 Å². The van der Waals surface area contributed by atoms with Gasteiger partial charge in [0.25, 0.3) is 0 Å². The maximum Gasteiger partial charge on any atom is 0.336 e. The summed E-state index contributed by atoms with van der Waals surface area (Å²) in [6.07, 6.45) is -7.27. The molecule has 0 bridgehead atoms. The molecular formula is C15H16O9. The number of benzene rings is 1. The Kier molecular flexibility index (Phi) is 4.43. The lowest BCUT2D eigenvalue weighted by molar-refractivity contribution is -0.277. The molecule has 1 aromatic heterocycles. The first-order valence-electron chi connectivity index (χ1n) is 7.15. The molecule has 130 valence electrons. The zero-order chi connectivity index (χ0) is 17.4. The lowest BCUT2D eigenvalue weighted by atomic mass is 9.99. The Bertz CT molecular complexity index is 784. The van der Waals surface area contributed by atoms with Gasteiger partial charge in [-0.3, -0.25) is 0 Å². The number of phenols is 1. The van der Waals surface area contributed by atoms with E-state index in [1.54, 1.807) is 0 Å². The molecule has 2 heterocycles. The first-order valence-corrected chi connectivity index (χ1v) is 7.15. The van der Waals surface area contributed by atoms with E-state index in [0.29, 0.717) is 5.39 Å². The number of phenolic OH excluding ortho intramolecular Hbond substituents is 1. The van der Waals surface area contributed by atoms with Gasteiger partial charge in [-0.2, -0.15) is 0 Å². The topological polar surface area (TPSA) is 150 Å². The lowest BCUT2D eigenvalue weighted by Crippen LogP contribution is -2.60. The van der Waals surface area contributed by atoms with Crippen LogP contribution in [-0.4, -0.2) is 62.8 Å². The SMILES string of the molecule is O=c1ccc2cc(O[C@@H]3OC(CO)[C@@H](O)C(O)[C@@H]3O)c(O)cc2o1. The molecule has 9 nitrogen and oxygen atoms in total. The number of hydrogen-bond acceptors (Lipinski definition) is 9. The number of aliphatic hydroxyl groups is 4. The quantitative estimate of drug-likeness (QED) is 0.429. The Hall–Kier alpha value is -2.17. The summed E-state index contributed by atoms with van der Waals surface area (Å²) in [5, 5.41) is 49.0. The first-order chi connectivity index (χ1) is 11.4. The van der Waals surface area contributed by atoms with Gasteiger partial charge < -0.3 is 39.4 Å². The van der Waals surface area contributed by atoms with Crippen molar-refractivity contribution in [3.8, 4) is 11.5 Å². The van der Waals surface area contributed by atoms with Gasteiger partial charge in [0.1, 0.15) is 30.0 Å². The number of fused-ring (bicyclic) bond motifs is 1. The second kappa shape index (κ2) is 6.38. The van der Waals surface area contributed by atoms with Crippen molar-refractivity contribution in [2.75, 3.05) is 6.61 Å². The smallest absolute Gasteiger partial charge is 0.336 e. The van der Waals surface area contributed by atoms with Crippen LogP contribution in [0, 0.1) is 0 Å². The van der Waals surface area contributed by atoms with Crippen molar-refractivity contribution in [2.45, 2.75) is 30.7 Å². The van der Waals surface area contributed by atoms with Gasteiger partial charge in [-0.1, -0.05) is 0 Å². The van der Waals surface area contributed by atoms with Gasteiger partial charge in [-0.15, -0.1) is 0 Å². The van der Waals surface area contributed by atoms with Crippen LogP contribution in [0.4, 0.5) is 0 Å². The molecule has 5 atom stereocenters. The van der Waals surface area contributed by atoms with Gasteiger partial charge in [0.05, 0.1) is 6.61 Å². The molecule has 1 fully saturated rings. The van der Waals surface area contributed by atoms with Crippen molar-refractivity contribution in [1.29, 1.82) is 0 Å². The molecule has 0 saturated carbocycles. The van der Waals surface area contributed by atoms with Gasteiger partial charge in [-0.05, 0) is 12.1 Å². The van der Waals surface area contributed by atoms with Crippen LogP contribution in [0.15, 0.2) is 33.5 Å². The third-order valence-electron chi connectivity index (χ3n) is 3.79. The fourth-order valence-electron chi connectivity index (χ4n) is 2.47. The van der Waals surface area contributed by atoms with Crippen LogP contribution < -0.4 is 10.4 Å². The molecule has 5 N–H and O–H groups in total. The number of rotatable bonds is 3. The molecular weight excluding hydrogens is 324 g/mol. The van der Waals surface area contributed by atoms with E-state index >= 15 is 0 Å². The maximum absolute atomic E-state index is 11.2. The van der Waals surface area contributed by atoms with E-state index in [2.05, 4.69) is 0 Å². The summed E-state index contributed by atoms with van der Waals surface area (Å²) in [6, 6.07) is 5.17. The van der Waals surface area contributed by atoms with E-state index in [4.69, 9.17) is 19.0 Å². The molecule has 3 rings (SSSR count). The van der Waals surface area contributed by atoms with Gasteiger partial charge in [0.2, 0.25) is 6.29 Å². The summed E-state index contributed by atoms with van der Waals surface area (Å²) in [5.41, 5.74) is -0.439. The summed E-state index contributed by atoms with van der Waals surface area (Å²) < 4.78 is 15.5. The lowest BCUT2D eigenvalue weighted by Gasteiger charge is -2.39. The van der Waals surface area contributed by atoms with E-state index in [1.807, 2.05) is 0 Å². The van der Waals surface area contributed by atoms with Gasteiger partial charge in [0, 0.05) is 17.5 Å². The van der Waals surface area contributed by atoms with Crippen molar-refractivity contribution in [3.05, 3.63) is 34.7 Å². The Morgan fingerprint density at radius 2 is 1.83 bits per heavy atom. The summed E-state index contributed by atoms with van der Waals surface area (Å²) >= 11 is 0. The predicted octanol–water partition coefficient (Wildman–Crippen LogP) is -1.32. The van der Waals surface area contributed by atoms with Gasteiger partial charge in [0.15, 0.2) is 11.5 Å². The number of ether oxygens (including phenoxy) is 2. The first kappa shape index (κ1) is 16.7. The van der Waals surface area contributed by atoms with Crippen LogP contribution in [0.2, 0.25) is 0 Å². The summed E-state index contributed by atoms with van der Waals surface area (Å²) in [4.78, 5) is 11.2. The number of aliphatic hydroxyl groups excluding tert-OH is 4. The minimum absolute atomic E-state index is 0.0966. The molecule has 1 aromatic carbocycles.